The van der Waals surface area contributed by atoms with Gasteiger partial charge in [0.1, 0.15) is 17.7 Å². The zero-order valence-corrected chi connectivity index (χ0v) is 41.7. The molecule has 6 aromatic rings. The van der Waals surface area contributed by atoms with Gasteiger partial charge in [-0.15, -0.1) is 20.4 Å². The molecule has 0 aliphatic carbocycles. The quantitative estimate of drug-likeness (QED) is 0.151. The lowest BCUT2D eigenvalue weighted by Crippen LogP contribution is -1.87. The third kappa shape index (κ3) is 38.4. The molecule has 348 valence electrons. The number of hydrogen-bond acceptors (Lipinski definition) is 18. The molecule has 0 saturated heterocycles. The normalized spacial score (nSPS) is 8.90. The first-order valence-corrected chi connectivity index (χ1v) is 21.4. The number of hydrogen-bond donors (Lipinski definition) is 0. The number of rotatable bonds is 6. The Labute approximate surface area is 362 Å². The van der Waals surface area contributed by atoms with Crippen molar-refractivity contribution in [3.05, 3.63) is 72.5 Å². The maximum Gasteiger partial charge on any atom is 0.228 e. The van der Waals surface area contributed by atoms with Crippen molar-refractivity contribution in [3.63, 3.8) is 0 Å². The van der Waals surface area contributed by atoms with E-state index in [4.69, 9.17) is 13.5 Å². The second kappa shape index (κ2) is 50.0. The largest absolute Gasteiger partial charge is 0.428 e. The fourth-order valence-electron chi connectivity index (χ4n) is 2.58. The maximum atomic E-state index is 4.87. The van der Waals surface area contributed by atoms with Crippen molar-refractivity contribution in [3.8, 4) is 0 Å². The molecule has 6 heterocycles. The van der Waals surface area contributed by atoms with Gasteiger partial charge in [0.15, 0.2) is 17.9 Å². The smallest absolute Gasteiger partial charge is 0.228 e. The molecule has 0 aliphatic heterocycles. The molecule has 6 aromatic heterocycles. The zero-order valence-electron chi connectivity index (χ0n) is 41.7. The summed E-state index contributed by atoms with van der Waals surface area (Å²) in [6, 6.07) is 0. The predicted octanol–water partition coefficient (Wildman–Crippen LogP) is 13.3. The lowest BCUT2D eigenvalue weighted by atomic mass is 10.2. The van der Waals surface area contributed by atoms with Gasteiger partial charge in [0.25, 0.3) is 0 Å². The van der Waals surface area contributed by atoms with E-state index in [-0.39, 0.29) is 0 Å². The Morgan fingerprint density at radius 1 is 0.450 bits per heavy atom. The molecule has 0 unspecified atom stereocenters. The first-order chi connectivity index (χ1) is 28.8. The molecule has 0 N–H and O–H groups in total. The fraction of sp³-hybridized carbons (Fsp3) is 0.714. The van der Waals surface area contributed by atoms with Crippen LogP contribution >= 0.6 is 0 Å². The van der Waals surface area contributed by atoms with Crippen LogP contribution in [0.15, 0.2) is 64.9 Å². The minimum atomic E-state index is 0.345. The van der Waals surface area contributed by atoms with E-state index in [9.17, 15) is 0 Å². The van der Waals surface area contributed by atoms with Crippen LogP contribution in [0.1, 0.15) is 236 Å². The van der Waals surface area contributed by atoms with E-state index < -0.39 is 0 Å². The highest BCUT2D eigenvalue weighted by Crippen LogP contribution is 2.11. The SMILES string of the molecule is CC.CC.CC.CC.CC.CC.CC(C)c1cnno1.CC(C)c1cnon1.CC(C)c1conn1.CC(C)c1ncno1.CC(C)c1ncon1.CC(C)c1nnco1. The Morgan fingerprint density at radius 3 is 1.22 bits per heavy atom. The van der Waals surface area contributed by atoms with Crippen molar-refractivity contribution in [1.82, 2.24) is 61.5 Å². The van der Waals surface area contributed by atoms with Gasteiger partial charge in [-0.1, -0.05) is 187 Å². The lowest BCUT2D eigenvalue weighted by Gasteiger charge is -1.91. The van der Waals surface area contributed by atoms with Gasteiger partial charge in [0.2, 0.25) is 24.6 Å². The summed E-state index contributed by atoms with van der Waals surface area (Å²) in [7, 11) is 0. The summed E-state index contributed by atoms with van der Waals surface area (Å²) >= 11 is 0. The molecule has 0 spiro atoms. The van der Waals surface area contributed by atoms with Gasteiger partial charge in [-0.3, -0.25) is 0 Å². The topological polar surface area (TPSA) is 234 Å². The van der Waals surface area contributed by atoms with E-state index in [0.29, 0.717) is 47.3 Å². The Kier molecular flexibility index (Phi) is 55.5. The lowest BCUT2D eigenvalue weighted by molar-refractivity contribution is 0.302. The van der Waals surface area contributed by atoms with Gasteiger partial charge in [0.05, 0.1) is 12.4 Å². The molecule has 0 atom stereocenters. The molecule has 0 radical (unpaired) electrons. The summed E-state index contributed by atoms with van der Waals surface area (Å²) in [5.74, 6) is 5.29. The van der Waals surface area contributed by atoms with Crippen molar-refractivity contribution in [2.24, 2.45) is 0 Å². The second-order valence-electron chi connectivity index (χ2n) is 11.8. The molecular formula is C42H84N12O6. The van der Waals surface area contributed by atoms with E-state index in [1.54, 1.807) is 18.7 Å². The van der Waals surface area contributed by atoms with Gasteiger partial charge in [-0.2, -0.15) is 9.97 Å². The van der Waals surface area contributed by atoms with Gasteiger partial charge in [-0.05, 0) is 0 Å². The van der Waals surface area contributed by atoms with E-state index in [1.165, 1.54) is 19.1 Å². The van der Waals surface area contributed by atoms with Gasteiger partial charge >= 0.3 is 0 Å². The molecule has 0 aliphatic rings. The molecule has 0 fully saturated rings. The van der Waals surface area contributed by atoms with Crippen LogP contribution < -0.4 is 0 Å². The van der Waals surface area contributed by atoms with Crippen LogP contribution in [0.4, 0.5) is 0 Å². The van der Waals surface area contributed by atoms with Crippen LogP contribution in [0.3, 0.4) is 0 Å². The van der Waals surface area contributed by atoms with E-state index in [1.807, 2.05) is 166 Å². The van der Waals surface area contributed by atoms with Crippen LogP contribution in [0.25, 0.3) is 0 Å². The Balaban J connectivity index is -0.000000139. The molecular weight excluding hydrogens is 769 g/mol. The Bertz CT molecular complexity index is 1180. The summed E-state index contributed by atoms with van der Waals surface area (Å²) < 4.78 is 27.7. The minimum Gasteiger partial charge on any atom is -0.428 e. The summed E-state index contributed by atoms with van der Waals surface area (Å²) in [6.07, 6.45) is 8.92. The van der Waals surface area contributed by atoms with E-state index in [0.717, 1.165) is 23.0 Å². The maximum absolute atomic E-state index is 4.87. The number of nitrogens with zero attached hydrogens (tertiary/aromatic N) is 12. The van der Waals surface area contributed by atoms with Crippen LogP contribution in [0.5, 0.6) is 0 Å². The molecule has 18 nitrogen and oxygen atoms in total. The molecule has 60 heavy (non-hydrogen) atoms. The zero-order chi connectivity index (χ0) is 47.9. The third-order valence-electron chi connectivity index (χ3n) is 5.52. The van der Waals surface area contributed by atoms with Crippen molar-refractivity contribution in [2.45, 2.75) is 202 Å². The fourth-order valence-corrected chi connectivity index (χ4v) is 2.58. The third-order valence-corrected chi connectivity index (χ3v) is 5.52. The average Bonchev–Trinajstić information content (AvgIpc) is 4.14. The molecule has 6 rings (SSSR count). The molecule has 0 saturated carbocycles. The molecule has 18 heteroatoms. The summed E-state index contributed by atoms with van der Waals surface area (Å²) in [6.45, 7) is 48.3. The predicted molar refractivity (Wildman–Crippen MR) is 238 cm³/mol. The Morgan fingerprint density at radius 2 is 1.02 bits per heavy atom. The minimum absolute atomic E-state index is 0.345. The first kappa shape index (κ1) is 66.6. The van der Waals surface area contributed by atoms with Crippen LogP contribution in [-0.4, -0.2) is 61.5 Å². The summed E-state index contributed by atoms with van der Waals surface area (Å²) in [5.41, 5.74) is 1.81. The van der Waals surface area contributed by atoms with Crippen molar-refractivity contribution >= 4 is 0 Å². The standard InChI is InChI=1S/6C5H8N2O.6C2H6/c1-4(2)5-7-6-3-8-5;1-4(2)5-6-3-8-7-5;1-4(2)5-6-3-7-8-5;1-4(2)5-3-8-7-6-5;1-4(2)5-3-6-7-8-5;1-4(2)5-3-6-8-7-5;6*1-2/h6*3-4H,1-2H3;6*1-2H3. The van der Waals surface area contributed by atoms with Crippen molar-refractivity contribution < 1.29 is 27.1 Å². The van der Waals surface area contributed by atoms with Gasteiger partial charge in [-0.25, -0.2) is 4.63 Å². The summed E-state index contributed by atoms with van der Waals surface area (Å²) in [4.78, 5) is 7.68. The molecule has 0 aromatic carbocycles. The van der Waals surface area contributed by atoms with Gasteiger partial charge in [0, 0.05) is 46.1 Å². The summed E-state index contributed by atoms with van der Waals surface area (Å²) in [5, 5.41) is 35.3. The highest BCUT2D eigenvalue weighted by Gasteiger charge is 2.04. The number of aromatic nitrogens is 12. The monoisotopic (exact) mass is 853 g/mol. The highest BCUT2D eigenvalue weighted by atomic mass is 16.6. The van der Waals surface area contributed by atoms with Crippen LogP contribution in [-0.2, 0) is 0 Å². The van der Waals surface area contributed by atoms with Crippen LogP contribution in [0.2, 0.25) is 0 Å². The Hall–Kier alpha value is -5.16. The van der Waals surface area contributed by atoms with E-state index in [2.05, 4.69) is 75.2 Å². The average molecular weight is 853 g/mol. The van der Waals surface area contributed by atoms with Crippen LogP contribution in [0, 0.1) is 0 Å². The van der Waals surface area contributed by atoms with Crippen molar-refractivity contribution in [2.75, 3.05) is 0 Å². The highest BCUT2D eigenvalue weighted by molar-refractivity contribution is 4.95. The molecule has 0 amide bonds. The molecule has 0 bridgehead atoms. The van der Waals surface area contributed by atoms with E-state index >= 15 is 0 Å². The second-order valence-corrected chi connectivity index (χ2v) is 11.8. The first-order valence-electron chi connectivity index (χ1n) is 21.4. The van der Waals surface area contributed by atoms with Gasteiger partial charge < -0.3 is 22.5 Å². The van der Waals surface area contributed by atoms with Crippen molar-refractivity contribution in [1.29, 1.82) is 0 Å².